The largest absolute Gasteiger partial charge is 0.314 e. The number of nitrogens with one attached hydrogen (secondary N) is 1. The van der Waals surface area contributed by atoms with Gasteiger partial charge in [-0.15, -0.1) is 0 Å². The van der Waals surface area contributed by atoms with Crippen molar-refractivity contribution in [1.82, 2.24) is 15.1 Å². The first-order chi connectivity index (χ1) is 10.2. The van der Waals surface area contributed by atoms with Crippen molar-refractivity contribution in [2.75, 3.05) is 45.8 Å². The van der Waals surface area contributed by atoms with Crippen LogP contribution >= 0.6 is 0 Å². The molecule has 3 heteroatoms. The van der Waals surface area contributed by atoms with Crippen LogP contribution < -0.4 is 5.32 Å². The second kappa shape index (κ2) is 14.8. The number of unbranched alkanes of at least 4 members (excludes halogenated alkanes) is 1. The van der Waals surface area contributed by atoms with Crippen LogP contribution in [0.25, 0.3) is 0 Å². The molecule has 0 fully saturated rings. The van der Waals surface area contributed by atoms with E-state index < -0.39 is 0 Å². The molecule has 0 rings (SSSR count). The summed E-state index contributed by atoms with van der Waals surface area (Å²) in [5, 5.41) is 3.57. The van der Waals surface area contributed by atoms with E-state index in [1.54, 1.807) is 0 Å². The second-order valence-corrected chi connectivity index (χ2v) is 6.17. The van der Waals surface area contributed by atoms with Gasteiger partial charge in [0.25, 0.3) is 0 Å². The van der Waals surface area contributed by atoms with Gasteiger partial charge in [-0.25, -0.2) is 0 Å². The SMILES string of the molecule is CCCNC(C)CCCCN(CC)CCCN(CC)CC. The minimum atomic E-state index is 0.683. The molecule has 0 saturated carbocycles. The van der Waals surface area contributed by atoms with E-state index in [1.807, 2.05) is 0 Å². The first-order valence-corrected chi connectivity index (χ1v) is 9.35. The third-order valence-electron chi connectivity index (χ3n) is 4.39. The molecule has 0 aromatic rings. The smallest absolute Gasteiger partial charge is 0.00387 e. The summed E-state index contributed by atoms with van der Waals surface area (Å²) in [4.78, 5) is 5.14. The minimum absolute atomic E-state index is 0.683. The Balaban J connectivity index is 3.61. The Morgan fingerprint density at radius 3 is 1.90 bits per heavy atom. The van der Waals surface area contributed by atoms with E-state index >= 15 is 0 Å². The van der Waals surface area contributed by atoms with Crippen molar-refractivity contribution in [3.8, 4) is 0 Å². The molecule has 0 aliphatic rings. The van der Waals surface area contributed by atoms with Gasteiger partial charge in [-0.3, -0.25) is 0 Å². The summed E-state index contributed by atoms with van der Waals surface area (Å²) in [7, 11) is 0. The van der Waals surface area contributed by atoms with E-state index in [0.717, 1.165) is 6.54 Å². The molecule has 0 heterocycles. The summed E-state index contributed by atoms with van der Waals surface area (Å²) in [6.07, 6.45) is 6.56. The van der Waals surface area contributed by atoms with E-state index in [2.05, 4.69) is 49.7 Å². The molecule has 1 N–H and O–H groups in total. The van der Waals surface area contributed by atoms with Gasteiger partial charge in [-0.1, -0.05) is 34.1 Å². The lowest BCUT2D eigenvalue weighted by Crippen LogP contribution is -2.31. The fourth-order valence-electron chi connectivity index (χ4n) is 2.76. The molecular weight excluding hydrogens is 258 g/mol. The zero-order valence-electron chi connectivity index (χ0n) is 15.5. The Hall–Kier alpha value is -0.120. The van der Waals surface area contributed by atoms with Crippen molar-refractivity contribution in [2.45, 2.75) is 72.8 Å². The van der Waals surface area contributed by atoms with Crippen molar-refractivity contribution in [3.05, 3.63) is 0 Å². The van der Waals surface area contributed by atoms with Gasteiger partial charge in [0.15, 0.2) is 0 Å². The zero-order valence-corrected chi connectivity index (χ0v) is 15.5. The van der Waals surface area contributed by atoms with Crippen molar-refractivity contribution in [3.63, 3.8) is 0 Å². The Morgan fingerprint density at radius 2 is 1.33 bits per heavy atom. The third-order valence-corrected chi connectivity index (χ3v) is 4.39. The summed E-state index contributed by atoms with van der Waals surface area (Å²) in [6.45, 7) is 19.9. The lowest BCUT2D eigenvalue weighted by Gasteiger charge is -2.23. The van der Waals surface area contributed by atoms with Gasteiger partial charge in [0.1, 0.15) is 0 Å². The molecule has 0 spiro atoms. The van der Waals surface area contributed by atoms with Gasteiger partial charge in [0.05, 0.1) is 0 Å². The van der Waals surface area contributed by atoms with Gasteiger partial charge in [-0.2, -0.15) is 0 Å². The van der Waals surface area contributed by atoms with Gasteiger partial charge in [0.2, 0.25) is 0 Å². The highest BCUT2D eigenvalue weighted by Gasteiger charge is 2.05. The molecule has 0 saturated heterocycles. The molecule has 0 aliphatic heterocycles. The predicted octanol–water partition coefficient (Wildman–Crippen LogP) is 3.60. The van der Waals surface area contributed by atoms with Crippen molar-refractivity contribution < 1.29 is 0 Å². The molecule has 1 atom stereocenters. The predicted molar refractivity (Wildman–Crippen MR) is 96.1 cm³/mol. The Bertz CT molecular complexity index is 205. The monoisotopic (exact) mass is 299 g/mol. The maximum Gasteiger partial charge on any atom is 0.00387 e. The van der Waals surface area contributed by atoms with Gasteiger partial charge in [0, 0.05) is 6.04 Å². The van der Waals surface area contributed by atoms with Crippen LogP contribution in [-0.2, 0) is 0 Å². The molecular formula is C18H41N3. The van der Waals surface area contributed by atoms with Crippen molar-refractivity contribution >= 4 is 0 Å². The third kappa shape index (κ3) is 12.1. The van der Waals surface area contributed by atoms with E-state index in [0.29, 0.717) is 6.04 Å². The number of hydrogen-bond acceptors (Lipinski definition) is 3. The first-order valence-electron chi connectivity index (χ1n) is 9.35. The molecule has 0 bridgehead atoms. The molecule has 128 valence electrons. The number of rotatable bonds is 15. The van der Waals surface area contributed by atoms with Crippen LogP contribution in [0, 0.1) is 0 Å². The summed E-state index contributed by atoms with van der Waals surface area (Å²) in [5.74, 6) is 0. The topological polar surface area (TPSA) is 18.5 Å². The molecule has 21 heavy (non-hydrogen) atoms. The average Bonchev–Trinajstić information content (AvgIpc) is 2.51. The second-order valence-electron chi connectivity index (χ2n) is 6.17. The normalized spacial score (nSPS) is 13.3. The van der Waals surface area contributed by atoms with Crippen LogP contribution in [0.5, 0.6) is 0 Å². The highest BCUT2D eigenvalue weighted by atomic mass is 15.1. The highest BCUT2D eigenvalue weighted by molar-refractivity contribution is 4.63. The fraction of sp³-hybridized carbons (Fsp3) is 1.00. The van der Waals surface area contributed by atoms with Crippen LogP contribution in [0.4, 0.5) is 0 Å². The Kier molecular flexibility index (Phi) is 14.7. The van der Waals surface area contributed by atoms with E-state index in [4.69, 9.17) is 0 Å². The molecule has 0 aliphatic carbocycles. The molecule has 0 aromatic heterocycles. The van der Waals surface area contributed by atoms with Crippen molar-refractivity contribution in [2.24, 2.45) is 0 Å². The lowest BCUT2D eigenvalue weighted by molar-refractivity contribution is 0.239. The van der Waals surface area contributed by atoms with E-state index in [1.165, 1.54) is 71.4 Å². The summed E-state index contributed by atoms with van der Waals surface area (Å²) >= 11 is 0. The number of hydrogen-bond donors (Lipinski definition) is 1. The Morgan fingerprint density at radius 1 is 0.762 bits per heavy atom. The fourth-order valence-corrected chi connectivity index (χ4v) is 2.76. The quantitative estimate of drug-likeness (QED) is 0.466. The van der Waals surface area contributed by atoms with Crippen molar-refractivity contribution in [1.29, 1.82) is 0 Å². The van der Waals surface area contributed by atoms with Crippen LogP contribution in [-0.4, -0.2) is 61.7 Å². The standard InChI is InChI=1S/C18H41N3/c1-6-14-19-18(5)13-10-11-15-21(9-4)17-12-16-20(7-2)8-3/h18-19H,6-17H2,1-5H3. The first kappa shape index (κ1) is 20.9. The van der Waals surface area contributed by atoms with Crippen LogP contribution in [0.3, 0.4) is 0 Å². The van der Waals surface area contributed by atoms with Gasteiger partial charge in [-0.05, 0) is 78.4 Å². The van der Waals surface area contributed by atoms with Crippen LogP contribution in [0.1, 0.15) is 66.7 Å². The van der Waals surface area contributed by atoms with E-state index in [9.17, 15) is 0 Å². The zero-order chi connectivity index (χ0) is 15.9. The van der Waals surface area contributed by atoms with Crippen LogP contribution in [0.15, 0.2) is 0 Å². The molecule has 0 aromatic carbocycles. The Labute approximate surface area is 134 Å². The average molecular weight is 300 g/mol. The van der Waals surface area contributed by atoms with E-state index in [-0.39, 0.29) is 0 Å². The number of nitrogens with zero attached hydrogens (tertiary/aromatic N) is 2. The summed E-state index contributed by atoms with van der Waals surface area (Å²) in [6, 6.07) is 0.683. The van der Waals surface area contributed by atoms with Gasteiger partial charge < -0.3 is 15.1 Å². The molecule has 1 unspecified atom stereocenters. The van der Waals surface area contributed by atoms with Crippen LogP contribution in [0.2, 0.25) is 0 Å². The van der Waals surface area contributed by atoms with Gasteiger partial charge >= 0.3 is 0 Å². The molecule has 3 nitrogen and oxygen atoms in total. The maximum absolute atomic E-state index is 3.57. The summed E-state index contributed by atoms with van der Waals surface area (Å²) in [5.41, 5.74) is 0. The highest BCUT2D eigenvalue weighted by Crippen LogP contribution is 2.04. The summed E-state index contributed by atoms with van der Waals surface area (Å²) < 4.78 is 0. The lowest BCUT2D eigenvalue weighted by atomic mass is 10.1. The maximum atomic E-state index is 3.57. The molecule has 0 radical (unpaired) electrons. The minimum Gasteiger partial charge on any atom is -0.314 e. The molecule has 0 amide bonds.